The third-order valence-electron chi connectivity index (χ3n) is 3.22. The molecule has 2 aromatic heterocycles. The van der Waals surface area contributed by atoms with E-state index in [1.807, 2.05) is 31.2 Å². The van der Waals surface area contributed by atoms with Gasteiger partial charge < -0.3 is 14.7 Å². The number of H-pyrrole nitrogens is 1. The molecule has 4 heteroatoms. The van der Waals surface area contributed by atoms with E-state index in [9.17, 15) is 4.79 Å². The summed E-state index contributed by atoms with van der Waals surface area (Å²) >= 11 is 0. The van der Waals surface area contributed by atoms with Crippen LogP contribution in [0.25, 0.3) is 10.9 Å². The minimum absolute atomic E-state index is 0.145. The molecule has 0 saturated heterocycles. The quantitative estimate of drug-likeness (QED) is 0.733. The van der Waals surface area contributed by atoms with E-state index in [1.54, 1.807) is 19.4 Å². The van der Waals surface area contributed by atoms with Crippen molar-refractivity contribution >= 4 is 22.5 Å². The zero-order valence-corrected chi connectivity index (χ0v) is 10.8. The largest absolute Gasteiger partial charge is 0.469 e. The van der Waals surface area contributed by atoms with Crippen LogP contribution < -0.4 is 5.32 Å². The fraction of sp³-hybridized carbons (Fsp3) is 0.133. The van der Waals surface area contributed by atoms with Crippen molar-refractivity contribution in [3.63, 3.8) is 0 Å². The van der Waals surface area contributed by atoms with Gasteiger partial charge in [0.1, 0.15) is 5.76 Å². The second-order valence-electron chi connectivity index (χ2n) is 4.55. The number of fused-ring (bicyclic) bond motifs is 1. The van der Waals surface area contributed by atoms with E-state index in [-0.39, 0.29) is 5.91 Å². The first-order chi connectivity index (χ1) is 9.16. The zero-order valence-electron chi connectivity index (χ0n) is 10.8. The molecule has 0 radical (unpaired) electrons. The predicted molar refractivity (Wildman–Crippen MR) is 74.4 cm³/mol. The van der Waals surface area contributed by atoms with Crippen LogP contribution in [-0.4, -0.2) is 10.9 Å². The number of carbonyl (C=O) groups is 1. The van der Waals surface area contributed by atoms with Gasteiger partial charge in [-0.3, -0.25) is 4.79 Å². The van der Waals surface area contributed by atoms with Gasteiger partial charge in [0.15, 0.2) is 0 Å². The fourth-order valence-electron chi connectivity index (χ4n) is 2.27. The summed E-state index contributed by atoms with van der Waals surface area (Å²) in [5.74, 6) is 0.489. The standard InChI is InChI=1S/C15H14N2O2/c1-9-8-19-10(2)14(9)15(18)17-13-7-16-12-6-4-3-5-11(12)13/h3-8,16H,1-2H3,(H,17,18). The van der Waals surface area contributed by atoms with Crippen molar-refractivity contribution in [2.24, 2.45) is 0 Å². The second-order valence-corrected chi connectivity index (χ2v) is 4.55. The van der Waals surface area contributed by atoms with Crippen molar-refractivity contribution in [1.82, 2.24) is 4.98 Å². The molecule has 96 valence electrons. The van der Waals surface area contributed by atoms with E-state index < -0.39 is 0 Å². The molecule has 0 aliphatic carbocycles. The van der Waals surface area contributed by atoms with Crippen molar-refractivity contribution in [3.8, 4) is 0 Å². The van der Waals surface area contributed by atoms with Crippen LogP contribution in [0, 0.1) is 13.8 Å². The highest BCUT2D eigenvalue weighted by Gasteiger charge is 2.16. The fourth-order valence-corrected chi connectivity index (χ4v) is 2.27. The molecule has 0 aliphatic heterocycles. The summed E-state index contributed by atoms with van der Waals surface area (Å²) in [7, 11) is 0. The van der Waals surface area contributed by atoms with Crippen molar-refractivity contribution < 1.29 is 9.21 Å². The summed E-state index contributed by atoms with van der Waals surface area (Å²) in [4.78, 5) is 15.4. The number of carbonyl (C=O) groups excluding carboxylic acids is 1. The molecule has 1 amide bonds. The topological polar surface area (TPSA) is 58.0 Å². The van der Waals surface area contributed by atoms with Crippen LogP contribution in [0.2, 0.25) is 0 Å². The van der Waals surface area contributed by atoms with Crippen molar-refractivity contribution in [2.75, 3.05) is 5.32 Å². The minimum atomic E-state index is -0.145. The number of hydrogen-bond donors (Lipinski definition) is 2. The number of rotatable bonds is 2. The molecule has 19 heavy (non-hydrogen) atoms. The van der Waals surface area contributed by atoms with Gasteiger partial charge in [-0.25, -0.2) is 0 Å². The zero-order chi connectivity index (χ0) is 13.4. The molecule has 0 bridgehead atoms. The Morgan fingerprint density at radius 1 is 1.26 bits per heavy atom. The first-order valence-electron chi connectivity index (χ1n) is 6.09. The number of aromatic amines is 1. The van der Waals surface area contributed by atoms with Gasteiger partial charge in [-0.2, -0.15) is 0 Å². The number of furan rings is 1. The monoisotopic (exact) mass is 254 g/mol. The minimum Gasteiger partial charge on any atom is -0.469 e. The van der Waals surface area contributed by atoms with Gasteiger partial charge in [0.2, 0.25) is 0 Å². The number of amides is 1. The van der Waals surface area contributed by atoms with Gasteiger partial charge in [0.25, 0.3) is 5.91 Å². The first-order valence-corrected chi connectivity index (χ1v) is 6.09. The van der Waals surface area contributed by atoms with Crippen molar-refractivity contribution in [3.05, 3.63) is 53.6 Å². The average Bonchev–Trinajstić information content (AvgIpc) is 2.94. The lowest BCUT2D eigenvalue weighted by Gasteiger charge is -2.03. The molecule has 0 atom stereocenters. The average molecular weight is 254 g/mol. The van der Waals surface area contributed by atoms with Crippen molar-refractivity contribution in [1.29, 1.82) is 0 Å². The third kappa shape index (κ3) is 1.91. The predicted octanol–water partition coefficient (Wildman–Crippen LogP) is 3.63. The van der Waals surface area contributed by atoms with Gasteiger partial charge in [0.05, 0.1) is 17.5 Å². The van der Waals surface area contributed by atoms with Gasteiger partial charge in [-0.15, -0.1) is 0 Å². The maximum atomic E-state index is 12.3. The molecule has 0 fully saturated rings. The molecule has 0 aliphatic rings. The number of benzene rings is 1. The molecule has 3 rings (SSSR count). The first kappa shape index (κ1) is 11.6. The lowest BCUT2D eigenvalue weighted by molar-refractivity contribution is 0.102. The number of hydrogen-bond acceptors (Lipinski definition) is 2. The van der Waals surface area contributed by atoms with E-state index >= 15 is 0 Å². The van der Waals surface area contributed by atoms with Crippen LogP contribution in [0.15, 0.2) is 41.1 Å². The molecule has 0 unspecified atom stereocenters. The summed E-state index contributed by atoms with van der Waals surface area (Å²) in [5, 5.41) is 3.91. The SMILES string of the molecule is Cc1coc(C)c1C(=O)Nc1c[nH]c2ccccc12. The van der Waals surface area contributed by atoms with Crippen LogP contribution in [0.4, 0.5) is 5.69 Å². The number of anilines is 1. The van der Waals surface area contributed by atoms with Gasteiger partial charge >= 0.3 is 0 Å². The summed E-state index contributed by atoms with van der Waals surface area (Å²) in [6.45, 7) is 3.65. The van der Waals surface area contributed by atoms with E-state index in [2.05, 4.69) is 10.3 Å². The molecule has 0 saturated carbocycles. The molecule has 2 heterocycles. The Morgan fingerprint density at radius 3 is 2.79 bits per heavy atom. The Labute approximate surface area is 110 Å². The van der Waals surface area contributed by atoms with Crippen LogP contribution >= 0.6 is 0 Å². The smallest absolute Gasteiger partial charge is 0.259 e. The Hall–Kier alpha value is -2.49. The Bertz CT molecular complexity index is 733. The highest BCUT2D eigenvalue weighted by Crippen LogP contribution is 2.24. The van der Waals surface area contributed by atoms with Gasteiger partial charge in [0, 0.05) is 22.7 Å². The number of para-hydroxylation sites is 1. The molecule has 1 aromatic carbocycles. The molecular formula is C15H14N2O2. The summed E-state index contributed by atoms with van der Waals surface area (Å²) in [5.41, 5.74) is 3.22. The van der Waals surface area contributed by atoms with Crippen molar-refractivity contribution in [2.45, 2.75) is 13.8 Å². The molecule has 3 aromatic rings. The molecule has 2 N–H and O–H groups in total. The Morgan fingerprint density at radius 2 is 2.05 bits per heavy atom. The highest BCUT2D eigenvalue weighted by atomic mass is 16.3. The maximum absolute atomic E-state index is 12.3. The van der Waals surface area contributed by atoms with E-state index in [1.165, 1.54) is 0 Å². The third-order valence-corrected chi connectivity index (χ3v) is 3.22. The Balaban J connectivity index is 1.96. The number of aryl methyl sites for hydroxylation is 2. The molecule has 0 spiro atoms. The Kier molecular flexibility index (Phi) is 2.63. The summed E-state index contributed by atoms with van der Waals surface area (Å²) in [6, 6.07) is 7.84. The summed E-state index contributed by atoms with van der Waals surface area (Å²) in [6.07, 6.45) is 3.40. The summed E-state index contributed by atoms with van der Waals surface area (Å²) < 4.78 is 5.25. The number of aromatic nitrogens is 1. The number of nitrogens with one attached hydrogen (secondary N) is 2. The molecular weight excluding hydrogens is 240 g/mol. The van der Waals surface area contributed by atoms with E-state index in [0.29, 0.717) is 11.3 Å². The maximum Gasteiger partial charge on any atom is 0.259 e. The highest BCUT2D eigenvalue weighted by molar-refractivity contribution is 6.10. The lowest BCUT2D eigenvalue weighted by Crippen LogP contribution is -2.13. The van der Waals surface area contributed by atoms with Gasteiger partial charge in [-0.05, 0) is 19.9 Å². The van der Waals surface area contributed by atoms with Crippen LogP contribution in [0.5, 0.6) is 0 Å². The lowest BCUT2D eigenvalue weighted by atomic mass is 10.1. The van der Waals surface area contributed by atoms with Crippen LogP contribution in [0.3, 0.4) is 0 Å². The normalized spacial score (nSPS) is 10.8. The molecule has 4 nitrogen and oxygen atoms in total. The van der Waals surface area contributed by atoms with E-state index in [4.69, 9.17) is 4.42 Å². The van der Waals surface area contributed by atoms with Crippen LogP contribution in [0.1, 0.15) is 21.7 Å². The van der Waals surface area contributed by atoms with Crippen LogP contribution in [-0.2, 0) is 0 Å². The second kappa shape index (κ2) is 4.31. The van der Waals surface area contributed by atoms with E-state index in [0.717, 1.165) is 22.2 Å². The van der Waals surface area contributed by atoms with Gasteiger partial charge in [-0.1, -0.05) is 18.2 Å².